The average molecular weight is 234 g/mol. The van der Waals surface area contributed by atoms with E-state index >= 15 is 0 Å². The summed E-state index contributed by atoms with van der Waals surface area (Å²) in [6.45, 7) is 2.92. The normalized spacial score (nSPS) is 10.2. The van der Waals surface area contributed by atoms with Gasteiger partial charge in [-0.25, -0.2) is 0 Å². The first kappa shape index (κ1) is 13.4. The summed E-state index contributed by atoms with van der Waals surface area (Å²) < 4.78 is 5.43. The number of nitrogens with zero attached hydrogens (tertiary/aromatic N) is 3. The van der Waals surface area contributed by atoms with E-state index in [4.69, 9.17) is 10.00 Å². The summed E-state index contributed by atoms with van der Waals surface area (Å²) in [6.07, 6.45) is 3.26. The Morgan fingerprint density at radius 1 is 1.47 bits per heavy atom. The SMILES string of the molecule is CN(C)CCOCCNc1cnccc1C#N. The topological polar surface area (TPSA) is 61.2 Å². The lowest BCUT2D eigenvalue weighted by Crippen LogP contribution is -2.20. The third kappa shape index (κ3) is 5.29. The van der Waals surface area contributed by atoms with Gasteiger partial charge < -0.3 is 15.0 Å². The fourth-order valence-corrected chi connectivity index (χ4v) is 1.24. The molecule has 17 heavy (non-hydrogen) atoms. The van der Waals surface area contributed by atoms with Crippen molar-refractivity contribution in [3.8, 4) is 6.07 Å². The Balaban J connectivity index is 2.20. The van der Waals surface area contributed by atoms with E-state index in [0.29, 0.717) is 25.3 Å². The molecule has 0 radical (unpaired) electrons. The highest BCUT2D eigenvalue weighted by molar-refractivity contribution is 5.55. The number of rotatable bonds is 7. The van der Waals surface area contributed by atoms with Gasteiger partial charge >= 0.3 is 0 Å². The Morgan fingerprint density at radius 3 is 3.00 bits per heavy atom. The number of likely N-dealkylation sites (N-methyl/N-ethyl adjacent to an activating group) is 1. The third-order valence-corrected chi connectivity index (χ3v) is 2.19. The molecule has 0 unspecified atom stereocenters. The largest absolute Gasteiger partial charge is 0.380 e. The fourth-order valence-electron chi connectivity index (χ4n) is 1.24. The molecule has 1 rings (SSSR count). The van der Waals surface area contributed by atoms with E-state index in [1.807, 2.05) is 14.1 Å². The van der Waals surface area contributed by atoms with Gasteiger partial charge in [0.25, 0.3) is 0 Å². The Labute approximate surface area is 102 Å². The van der Waals surface area contributed by atoms with Crippen molar-refractivity contribution in [3.63, 3.8) is 0 Å². The Morgan fingerprint density at radius 2 is 2.29 bits per heavy atom. The van der Waals surface area contributed by atoms with Crippen LogP contribution in [-0.4, -0.2) is 50.3 Å². The quantitative estimate of drug-likeness (QED) is 0.711. The van der Waals surface area contributed by atoms with Crippen LogP contribution >= 0.6 is 0 Å². The van der Waals surface area contributed by atoms with E-state index in [1.165, 1.54) is 0 Å². The lowest BCUT2D eigenvalue weighted by molar-refractivity contribution is 0.126. The molecule has 0 fully saturated rings. The monoisotopic (exact) mass is 234 g/mol. The molecule has 5 heteroatoms. The van der Waals surface area contributed by atoms with Crippen LogP contribution in [0.4, 0.5) is 5.69 Å². The van der Waals surface area contributed by atoms with Crippen LogP contribution in [0.5, 0.6) is 0 Å². The van der Waals surface area contributed by atoms with Gasteiger partial charge in [0, 0.05) is 19.3 Å². The highest BCUT2D eigenvalue weighted by atomic mass is 16.5. The first-order valence-corrected chi connectivity index (χ1v) is 5.54. The number of hydrogen-bond acceptors (Lipinski definition) is 5. The van der Waals surface area contributed by atoms with Crippen molar-refractivity contribution in [3.05, 3.63) is 24.0 Å². The molecule has 1 aromatic rings. The van der Waals surface area contributed by atoms with Crippen LogP contribution in [0.25, 0.3) is 0 Å². The fraction of sp³-hybridized carbons (Fsp3) is 0.500. The molecular weight excluding hydrogens is 216 g/mol. The number of aromatic nitrogens is 1. The molecule has 0 aliphatic rings. The van der Waals surface area contributed by atoms with E-state index in [0.717, 1.165) is 12.2 Å². The molecule has 0 aromatic carbocycles. The van der Waals surface area contributed by atoms with E-state index in [1.54, 1.807) is 18.5 Å². The minimum absolute atomic E-state index is 0.605. The predicted molar refractivity (Wildman–Crippen MR) is 66.8 cm³/mol. The van der Waals surface area contributed by atoms with Gasteiger partial charge in [-0.1, -0.05) is 0 Å². The molecule has 92 valence electrons. The molecule has 0 bridgehead atoms. The van der Waals surface area contributed by atoms with Gasteiger partial charge in [-0.05, 0) is 20.2 Å². The van der Waals surface area contributed by atoms with Gasteiger partial charge in [-0.3, -0.25) is 4.98 Å². The smallest absolute Gasteiger partial charge is 0.101 e. The van der Waals surface area contributed by atoms with Gasteiger partial charge in [-0.2, -0.15) is 5.26 Å². The maximum absolute atomic E-state index is 8.87. The standard InChI is InChI=1S/C12H18N4O/c1-16(2)6-8-17-7-5-15-12-10-14-4-3-11(12)9-13/h3-4,10,15H,5-8H2,1-2H3. The van der Waals surface area contributed by atoms with E-state index in [-0.39, 0.29) is 0 Å². The number of hydrogen-bond donors (Lipinski definition) is 1. The average Bonchev–Trinajstić information content (AvgIpc) is 2.33. The number of anilines is 1. The predicted octanol–water partition coefficient (Wildman–Crippen LogP) is 0.943. The second-order valence-corrected chi connectivity index (χ2v) is 3.88. The van der Waals surface area contributed by atoms with E-state index in [9.17, 15) is 0 Å². The third-order valence-electron chi connectivity index (χ3n) is 2.19. The molecule has 0 atom stereocenters. The van der Waals surface area contributed by atoms with Crippen molar-refractivity contribution in [2.24, 2.45) is 0 Å². The van der Waals surface area contributed by atoms with Crippen LogP contribution in [-0.2, 0) is 4.74 Å². The molecule has 1 heterocycles. The van der Waals surface area contributed by atoms with Crippen LogP contribution in [0.2, 0.25) is 0 Å². The van der Waals surface area contributed by atoms with Crippen LogP contribution in [0.3, 0.4) is 0 Å². The lowest BCUT2D eigenvalue weighted by atomic mass is 10.2. The molecular formula is C12H18N4O. The number of pyridine rings is 1. The first-order valence-electron chi connectivity index (χ1n) is 5.54. The summed E-state index contributed by atoms with van der Waals surface area (Å²) in [5, 5.41) is 12.0. The molecule has 0 saturated carbocycles. The zero-order chi connectivity index (χ0) is 12.5. The highest BCUT2D eigenvalue weighted by Crippen LogP contribution is 2.10. The van der Waals surface area contributed by atoms with E-state index < -0.39 is 0 Å². The van der Waals surface area contributed by atoms with Crippen molar-refractivity contribution in [1.82, 2.24) is 9.88 Å². The molecule has 0 saturated heterocycles. The molecule has 1 aromatic heterocycles. The van der Waals surface area contributed by atoms with Crippen LogP contribution in [0.1, 0.15) is 5.56 Å². The minimum Gasteiger partial charge on any atom is -0.380 e. The van der Waals surface area contributed by atoms with Crippen molar-refractivity contribution in [1.29, 1.82) is 5.26 Å². The summed E-state index contributed by atoms with van der Waals surface area (Å²) >= 11 is 0. The van der Waals surface area contributed by atoms with Crippen molar-refractivity contribution < 1.29 is 4.74 Å². The Kier molecular flexibility index (Phi) is 6.00. The van der Waals surface area contributed by atoms with Crippen molar-refractivity contribution in [2.45, 2.75) is 0 Å². The summed E-state index contributed by atoms with van der Waals surface area (Å²) in [5.74, 6) is 0. The number of ether oxygens (including phenoxy) is 1. The van der Waals surface area contributed by atoms with Gasteiger partial charge in [0.2, 0.25) is 0 Å². The first-order chi connectivity index (χ1) is 8.24. The van der Waals surface area contributed by atoms with Crippen molar-refractivity contribution in [2.75, 3.05) is 45.7 Å². The molecule has 0 amide bonds. The van der Waals surface area contributed by atoms with Crippen LogP contribution < -0.4 is 5.32 Å². The maximum Gasteiger partial charge on any atom is 0.101 e. The number of nitrogens with one attached hydrogen (secondary N) is 1. The zero-order valence-corrected chi connectivity index (χ0v) is 10.3. The second-order valence-electron chi connectivity index (χ2n) is 3.88. The van der Waals surface area contributed by atoms with Crippen molar-refractivity contribution >= 4 is 5.69 Å². The van der Waals surface area contributed by atoms with Crippen LogP contribution in [0, 0.1) is 11.3 Å². The molecule has 1 N–H and O–H groups in total. The highest BCUT2D eigenvalue weighted by Gasteiger charge is 1.99. The Bertz CT molecular complexity index is 373. The van der Waals surface area contributed by atoms with Gasteiger partial charge in [0.05, 0.1) is 30.7 Å². The summed E-state index contributed by atoms with van der Waals surface area (Å²) in [7, 11) is 4.02. The summed E-state index contributed by atoms with van der Waals surface area (Å²) in [5.41, 5.74) is 1.36. The molecule has 0 aliphatic carbocycles. The summed E-state index contributed by atoms with van der Waals surface area (Å²) in [4.78, 5) is 6.04. The van der Waals surface area contributed by atoms with Crippen LogP contribution in [0.15, 0.2) is 18.5 Å². The van der Waals surface area contributed by atoms with E-state index in [2.05, 4.69) is 21.3 Å². The Hall–Kier alpha value is -1.64. The maximum atomic E-state index is 8.87. The van der Waals surface area contributed by atoms with Gasteiger partial charge in [0.1, 0.15) is 6.07 Å². The van der Waals surface area contributed by atoms with Gasteiger partial charge in [-0.15, -0.1) is 0 Å². The van der Waals surface area contributed by atoms with Gasteiger partial charge in [0.15, 0.2) is 0 Å². The minimum atomic E-state index is 0.605. The molecule has 0 spiro atoms. The lowest BCUT2D eigenvalue weighted by Gasteiger charge is -2.11. The molecule has 0 aliphatic heterocycles. The summed E-state index contributed by atoms with van der Waals surface area (Å²) in [6, 6.07) is 3.80. The number of nitriles is 1. The molecule has 5 nitrogen and oxygen atoms in total. The second kappa shape index (κ2) is 7.60. The zero-order valence-electron chi connectivity index (χ0n) is 10.3.